The number of hydrogen-bond acceptors (Lipinski definition) is 1. The van der Waals surface area contributed by atoms with Gasteiger partial charge in [0.05, 0.1) is 0 Å². The van der Waals surface area contributed by atoms with Crippen LogP contribution in [0.25, 0.3) is 0 Å². The third kappa shape index (κ3) is 18.6. The van der Waals surface area contributed by atoms with Crippen molar-refractivity contribution in [1.82, 2.24) is 6.15 Å². The maximum absolute atomic E-state index is 0. The molecule has 30 valence electrons. The van der Waals surface area contributed by atoms with Gasteiger partial charge in [0.25, 0.3) is 0 Å². The third-order valence-corrected chi connectivity index (χ3v) is 0. The van der Waals surface area contributed by atoms with Gasteiger partial charge in [0, 0.05) is 0 Å². The van der Waals surface area contributed by atoms with E-state index in [2.05, 4.69) is 0 Å². The van der Waals surface area contributed by atoms with Gasteiger partial charge in [0.15, 0.2) is 17.4 Å². The average molecular weight is 211 g/mol. The molecule has 0 aliphatic rings. The van der Waals surface area contributed by atoms with Crippen molar-refractivity contribution < 1.29 is 0 Å². The van der Waals surface area contributed by atoms with Crippen LogP contribution in [0.15, 0.2) is 0 Å². The van der Waals surface area contributed by atoms with Gasteiger partial charge in [0.2, 0.25) is 0 Å². The van der Waals surface area contributed by atoms with E-state index in [-0.39, 0.29) is 118 Å². The van der Waals surface area contributed by atoms with Crippen molar-refractivity contribution in [2.45, 2.75) is 0 Å². The Kier molecular flexibility index (Phi) is 205. The molecule has 0 aromatic rings. The van der Waals surface area contributed by atoms with Crippen molar-refractivity contribution in [3.05, 3.63) is 0 Å². The molecule has 0 radical (unpaired) electrons. The van der Waals surface area contributed by atoms with Crippen molar-refractivity contribution in [2.24, 2.45) is 0 Å². The maximum atomic E-state index is 0. The molecule has 0 bridgehead atoms. The predicted octanol–water partition coefficient (Wildman–Crippen LogP) is -4.31. The molecule has 0 aromatic heterocycles. The van der Waals surface area contributed by atoms with Crippen LogP contribution in [0.4, 0.5) is 0 Å². The molecule has 0 saturated heterocycles. The van der Waals surface area contributed by atoms with Gasteiger partial charge in [-0.3, -0.25) is 0 Å². The first-order chi connectivity index (χ1) is 0. The molecule has 5 heavy (non-hydrogen) atoms. The summed E-state index contributed by atoms with van der Waals surface area (Å²) in [5.41, 5.74) is 0. The fourth-order valence-corrected chi connectivity index (χ4v) is 0. The molecule has 0 unspecified atom stereocenters. The molecule has 0 spiro atoms. The van der Waals surface area contributed by atoms with E-state index in [0.29, 0.717) is 0 Å². The normalized spacial score (nSPS) is 0. The van der Waals surface area contributed by atoms with Gasteiger partial charge in [-0.1, -0.05) is 0 Å². The van der Waals surface area contributed by atoms with E-state index in [1.165, 1.54) is 0 Å². The molecule has 1 nitrogen and oxygen atoms in total. The van der Waals surface area contributed by atoms with E-state index in [1.54, 1.807) is 0 Å². The Bertz CT molecular complexity index is 11.6. The van der Waals surface area contributed by atoms with Crippen molar-refractivity contribution in [2.75, 3.05) is 0 Å². The van der Waals surface area contributed by atoms with Gasteiger partial charge in [-0.05, 0) is 11.0 Å². The Morgan fingerprint density at radius 3 is 1.00 bits per heavy atom. The zero-order chi connectivity index (χ0) is 0. The van der Waals surface area contributed by atoms with E-state index in [9.17, 15) is 0 Å². The van der Waals surface area contributed by atoms with Gasteiger partial charge in [-0.15, -0.1) is 0 Å². The molecular weight excluding hydrogens is 197 g/mol. The second-order valence-electron chi connectivity index (χ2n) is 0. The van der Waals surface area contributed by atoms with Crippen LogP contribution in [0.3, 0.4) is 0 Å². The SMILES string of the molecule is N.[AlH3].[CaH2].[SiH4].[SrH2]. The summed E-state index contributed by atoms with van der Waals surface area (Å²) < 4.78 is 0. The summed E-state index contributed by atoms with van der Waals surface area (Å²) in [5, 5.41) is 0. The summed E-state index contributed by atoms with van der Waals surface area (Å²) in [6.07, 6.45) is 0. The van der Waals surface area contributed by atoms with Gasteiger partial charge in [0.1, 0.15) is 0 Å². The number of rotatable bonds is 0. The van der Waals surface area contributed by atoms with Crippen molar-refractivity contribution >= 4 is 112 Å². The van der Waals surface area contributed by atoms with Crippen LogP contribution in [0.2, 0.25) is 0 Å². The van der Waals surface area contributed by atoms with Gasteiger partial charge in [-0.25, -0.2) is 0 Å². The second-order valence-corrected chi connectivity index (χ2v) is 0. The fraction of sp³-hybridized carbons (Fsp3) is 0. The molecular formula is H14AlCaNSiSr. The third-order valence-electron chi connectivity index (χ3n) is 0. The Morgan fingerprint density at radius 1 is 1.00 bits per heavy atom. The fourth-order valence-electron chi connectivity index (χ4n) is 0. The van der Waals surface area contributed by atoms with E-state index in [1.807, 2.05) is 0 Å². The molecule has 0 aliphatic heterocycles. The topological polar surface area (TPSA) is 35.0 Å². The van der Waals surface area contributed by atoms with Crippen LogP contribution in [-0.4, -0.2) is 112 Å². The van der Waals surface area contributed by atoms with Gasteiger partial charge in [-0.2, -0.15) is 0 Å². The van der Waals surface area contributed by atoms with Crippen molar-refractivity contribution in [3.63, 3.8) is 0 Å². The van der Waals surface area contributed by atoms with Crippen LogP contribution in [0.5, 0.6) is 0 Å². The van der Waals surface area contributed by atoms with Gasteiger partial charge >= 0.3 is 83.2 Å². The van der Waals surface area contributed by atoms with Crippen molar-refractivity contribution in [3.8, 4) is 0 Å². The first kappa shape index (κ1) is 39.4. The molecule has 0 aromatic carbocycles. The average Bonchev–Trinajstić information content (AvgIpc) is 0. The molecule has 0 aliphatic carbocycles. The molecule has 0 atom stereocenters. The van der Waals surface area contributed by atoms with Crippen molar-refractivity contribution in [1.29, 1.82) is 0 Å². The molecule has 0 fully saturated rings. The Labute approximate surface area is 115 Å². The molecule has 0 saturated carbocycles. The Morgan fingerprint density at radius 2 is 1.00 bits per heavy atom. The zero-order valence-corrected chi connectivity index (χ0v) is 0.707. The Balaban J connectivity index is 0. The monoisotopic (exact) mass is 211 g/mol. The molecule has 5 heteroatoms. The summed E-state index contributed by atoms with van der Waals surface area (Å²) in [6, 6.07) is 0. The summed E-state index contributed by atoms with van der Waals surface area (Å²) in [6.45, 7) is 0. The second kappa shape index (κ2) is 26.0. The van der Waals surface area contributed by atoms with Crippen LogP contribution in [-0.2, 0) is 0 Å². The van der Waals surface area contributed by atoms with E-state index in [4.69, 9.17) is 0 Å². The Hall–Kier alpha value is 3.45. The van der Waals surface area contributed by atoms with Crippen LogP contribution >= 0.6 is 0 Å². The molecule has 3 N–H and O–H groups in total. The van der Waals surface area contributed by atoms with Crippen LogP contribution < -0.4 is 6.15 Å². The zero-order valence-electron chi connectivity index (χ0n) is 0.707. The molecule has 0 rings (SSSR count). The van der Waals surface area contributed by atoms with E-state index >= 15 is 0 Å². The number of hydrogen-bond donors (Lipinski definition) is 1. The summed E-state index contributed by atoms with van der Waals surface area (Å²) in [4.78, 5) is 0. The first-order valence-corrected chi connectivity index (χ1v) is 0. The van der Waals surface area contributed by atoms with Crippen LogP contribution in [0.1, 0.15) is 0 Å². The van der Waals surface area contributed by atoms with Crippen LogP contribution in [0, 0.1) is 0 Å². The minimum absolute atomic E-state index is 0. The predicted molar refractivity (Wildman–Crippen MR) is 43.4 cm³/mol. The van der Waals surface area contributed by atoms with Gasteiger partial charge < -0.3 is 6.15 Å². The first-order valence-electron chi connectivity index (χ1n) is 0. The van der Waals surface area contributed by atoms with E-state index < -0.39 is 0 Å². The summed E-state index contributed by atoms with van der Waals surface area (Å²) in [5.74, 6) is 0. The quantitative estimate of drug-likeness (QED) is 0.404. The molecule has 0 heterocycles. The standard InChI is InChI=1S/Al.Ca.H3N.H4Si.Sr.7H/h;;1H3;1H4;;;;;;;;. The summed E-state index contributed by atoms with van der Waals surface area (Å²) in [7, 11) is 0. The summed E-state index contributed by atoms with van der Waals surface area (Å²) >= 11 is 0. The van der Waals surface area contributed by atoms with E-state index in [0.717, 1.165) is 0 Å². The molecule has 0 amide bonds. The minimum atomic E-state index is 0.